The summed E-state index contributed by atoms with van der Waals surface area (Å²) in [6, 6.07) is 0.254. The molecule has 2 fully saturated rings. The Bertz CT molecular complexity index is 754. The molecule has 1 aliphatic carbocycles. The van der Waals surface area contributed by atoms with Gasteiger partial charge in [0.15, 0.2) is 5.82 Å². The van der Waals surface area contributed by atoms with Gasteiger partial charge in [0.05, 0.1) is 24.3 Å². The molecule has 1 aliphatic heterocycles. The molecule has 5 nitrogen and oxygen atoms in total. The van der Waals surface area contributed by atoms with Crippen molar-refractivity contribution in [3.8, 4) is 0 Å². The molecule has 4 rings (SSSR count). The van der Waals surface area contributed by atoms with Gasteiger partial charge in [0, 0.05) is 24.7 Å². The standard InChI is InChI=1S/C15H16F2N4O/c1-7-10-6-22-4-3-21(13(7)10)14-9-5-18-8(2)11(16)12(9)19-15(17)20-14/h5,7,10,13H,3-4,6H2,1-2H3/t7?,10-,13+/m0/s1. The van der Waals surface area contributed by atoms with E-state index in [4.69, 9.17) is 4.74 Å². The first-order valence-corrected chi connectivity index (χ1v) is 7.40. The third-order valence-electron chi connectivity index (χ3n) is 4.74. The second-order valence-electron chi connectivity index (χ2n) is 6.02. The van der Waals surface area contributed by atoms with E-state index < -0.39 is 11.9 Å². The van der Waals surface area contributed by atoms with Gasteiger partial charge in [-0.05, 0) is 12.8 Å². The molecule has 7 heteroatoms. The summed E-state index contributed by atoms with van der Waals surface area (Å²) in [6.07, 6.45) is 0.609. The van der Waals surface area contributed by atoms with Crippen molar-refractivity contribution in [1.29, 1.82) is 0 Å². The number of fused-ring (bicyclic) bond motifs is 2. The van der Waals surface area contributed by atoms with Crippen molar-refractivity contribution in [3.05, 3.63) is 23.8 Å². The largest absolute Gasteiger partial charge is 0.379 e. The number of anilines is 1. The summed E-state index contributed by atoms with van der Waals surface area (Å²) in [6.45, 7) is 5.54. The highest BCUT2D eigenvalue weighted by Gasteiger charge is 2.52. The molecule has 0 bridgehead atoms. The molecule has 1 unspecified atom stereocenters. The summed E-state index contributed by atoms with van der Waals surface area (Å²) in [7, 11) is 0. The van der Waals surface area contributed by atoms with E-state index in [1.807, 2.05) is 4.90 Å². The minimum absolute atomic E-state index is 0.00924. The lowest BCUT2D eigenvalue weighted by molar-refractivity contribution is 0.135. The van der Waals surface area contributed by atoms with Gasteiger partial charge >= 0.3 is 6.08 Å². The first-order valence-electron chi connectivity index (χ1n) is 7.40. The Kier molecular flexibility index (Phi) is 3.00. The Balaban J connectivity index is 1.89. The molecule has 0 spiro atoms. The smallest absolute Gasteiger partial charge is 0.311 e. The van der Waals surface area contributed by atoms with Gasteiger partial charge in [-0.3, -0.25) is 4.98 Å². The molecule has 0 amide bonds. The molecule has 2 aromatic rings. The summed E-state index contributed by atoms with van der Waals surface area (Å²) in [5.74, 6) is 0.695. The lowest BCUT2D eigenvalue weighted by Crippen LogP contribution is -2.31. The van der Waals surface area contributed by atoms with E-state index in [-0.39, 0.29) is 17.3 Å². The van der Waals surface area contributed by atoms with E-state index in [1.165, 1.54) is 13.1 Å². The molecule has 1 saturated carbocycles. The number of halogens is 2. The highest BCUT2D eigenvalue weighted by atomic mass is 19.1. The number of hydrogen-bond acceptors (Lipinski definition) is 5. The van der Waals surface area contributed by atoms with Crippen LogP contribution in [0.1, 0.15) is 12.6 Å². The van der Waals surface area contributed by atoms with E-state index in [2.05, 4.69) is 21.9 Å². The summed E-state index contributed by atoms with van der Waals surface area (Å²) in [5, 5.41) is 0.448. The summed E-state index contributed by atoms with van der Waals surface area (Å²) >= 11 is 0. The molecular formula is C15H16F2N4O. The van der Waals surface area contributed by atoms with E-state index in [0.29, 0.717) is 42.8 Å². The van der Waals surface area contributed by atoms with Crippen molar-refractivity contribution < 1.29 is 13.5 Å². The van der Waals surface area contributed by atoms with Gasteiger partial charge < -0.3 is 9.64 Å². The fourth-order valence-corrected chi connectivity index (χ4v) is 3.39. The van der Waals surface area contributed by atoms with Crippen LogP contribution in [0.2, 0.25) is 0 Å². The zero-order valence-corrected chi connectivity index (χ0v) is 12.4. The lowest BCUT2D eigenvalue weighted by atomic mass is 10.2. The van der Waals surface area contributed by atoms with Crippen LogP contribution in [0.5, 0.6) is 0 Å². The normalized spacial score (nSPS) is 27.6. The molecule has 3 atom stereocenters. The molecule has 2 aliphatic rings. The van der Waals surface area contributed by atoms with Crippen LogP contribution in [-0.2, 0) is 4.74 Å². The summed E-state index contributed by atoms with van der Waals surface area (Å²) in [5.41, 5.74) is 0.193. The maximum absolute atomic E-state index is 14.2. The lowest BCUT2D eigenvalue weighted by Gasteiger charge is -2.24. The summed E-state index contributed by atoms with van der Waals surface area (Å²) in [4.78, 5) is 13.6. The molecule has 0 N–H and O–H groups in total. The zero-order valence-electron chi connectivity index (χ0n) is 12.4. The summed E-state index contributed by atoms with van der Waals surface area (Å²) < 4.78 is 33.7. The Hall–Kier alpha value is -1.89. The van der Waals surface area contributed by atoms with Gasteiger partial charge in [-0.15, -0.1) is 0 Å². The minimum Gasteiger partial charge on any atom is -0.379 e. The van der Waals surface area contributed by atoms with Crippen molar-refractivity contribution in [2.24, 2.45) is 11.8 Å². The van der Waals surface area contributed by atoms with Gasteiger partial charge in [-0.2, -0.15) is 14.4 Å². The molecule has 0 aromatic carbocycles. The Labute approximate surface area is 126 Å². The maximum atomic E-state index is 14.2. The second-order valence-corrected chi connectivity index (χ2v) is 6.02. The number of ether oxygens (including phenoxy) is 1. The highest BCUT2D eigenvalue weighted by molar-refractivity contribution is 5.89. The van der Waals surface area contributed by atoms with E-state index in [9.17, 15) is 8.78 Å². The van der Waals surface area contributed by atoms with Crippen LogP contribution in [0.15, 0.2) is 6.20 Å². The van der Waals surface area contributed by atoms with Gasteiger partial charge in [-0.1, -0.05) is 6.92 Å². The van der Waals surface area contributed by atoms with Crippen molar-refractivity contribution >= 4 is 16.7 Å². The Morgan fingerprint density at radius 1 is 1.32 bits per heavy atom. The van der Waals surface area contributed by atoms with E-state index in [0.717, 1.165) is 0 Å². The minimum atomic E-state index is -0.915. The first kappa shape index (κ1) is 13.8. The number of aryl methyl sites for hydroxylation is 1. The average molecular weight is 306 g/mol. The highest BCUT2D eigenvalue weighted by Crippen LogP contribution is 2.46. The molecule has 3 heterocycles. The number of pyridine rings is 1. The van der Waals surface area contributed by atoms with Crippen LogP contribution in [0.25, 0.3) is 10.9 Å². The molecular weight excluding hydrogens is 290 g/mol. The first-order chi connectivity index (χ1) is 10.6. The van der Waals surface area contributed by atoms with Crippen molar-refractivity contribution in [2.75, 3.05) is 24.7 Å². The molecule has 1 saturated heterocycles. The van der Waals surface area contributed by atoms with Crippen molar-refractivity contribution in [1.82, 2.24) is 15.0 Å². The van der Waals surface area contributed by atoms with Gasteiger partial charge in [0.25, 0.3) is 0 Å². The number of hydrogen-bond donors (Lipinski definition) is 0. The Morgan fingerprint density at radius 2 is 2.14 bits per heavy atom. The number of aromatic nitrogens is 3. The maximum Gasteiger partial charge on any atom is 0.311 e. The Morgan fingerprint density at radius 3 is 2.95 bits per heavy atom. The van der Waals surface area contributed by atoms with Crippen LogP contribution in [0.4, 0.5) is 14.6 Å². The van der Waals surface area contributed by atoms with Crippen LogP contribution < -0.4 is 4.90 Å². The second kappa shape index (κ2) is 4.81. The van der Waals surface area contributed by atoms with Crippen LogP contribution in [-0.4, -0.2) is 40.8 Å². The molecule has 116 valence electrons. The quantitative estimate of drug-likeness (QED) is 0.755. The van der Waals surface area contributed by atoms with Crippen molar-refractivity contribution in [2.45, 2.75) is 19.9 Å². The van der Waals surface area contributed by atoms with Crippen LogP contribution >= 0.6 is 0 Å². The van der Waals surface area contributed by atoms with Gasteiger partial charge in [0.1, 0.15) is 11.3 Å². The molecule has 2 aromatic heterocycles. The van der Waals surface area contributed by atoms with E-state index >= 15 is 0 Å². The number of rotatable bonds is 1. The van der Waals surface area contributed by atoms with Crippen LogP contribution in [0.3, 0.4) is 0 Å². The number of nitrogens with zero attached hydrogens (tertiary/aromatic N) is 4. The predicted molar refractivity (Wildman–Crippen MR) is 76.6 cm³/mol. The topological polar surface area (TPSA) is 51.1 Å². The predicted octanol–water partition coefficient (Wildman–Crippen LogP) is 2.08. The fourth-order valence-electron chi connectivity index (χ4n) is 3.39. The van der Waals surface area contributed by atoms with Crippen molar-refractivity contribution in [3.63, 3.8) is 0 Å². The van der Waals surface area contributed by atoms with E-state index in [1.54, 1.807) is 0 Å². The van der Waals surface area contributed by atoms with Gasteiger partial charge in [0.2, 0.25) is 0 Å². The molecule has 0 radical (unpaired) electrons. The third kappa shape index (κ3) is 1.95. The SMILES string of the molecule is Cc1ncc2c(N3CCOC[C@H]4C(C)[C@H]43)nc(F)nc2c1F. The van der Waals surface area contributed by atoms with Crippen LogP contribution in [0, 0.1) is 30.7 Å². The average Bonchev–Trinajstić information content (AvgIpc) is 3.18. The van der Waals surface area contributed by atoms with Gasteiger partial charge in [-0.25, -0.2) is 4.39 Å². The fraction of sp³-hybridized carbons (Fsp3) is 0.533. The zero-order chi connectivity index (χ0) is 15.4. The third-order valence-corrected chi connectivity index (χ3v) is 4.74. The monoisotopic (exact) mass is 306 g/mol. The molecule has 22 heavy (non-hydrogen) atoms.